The van der Waals surface area contributed by atoms with E-state index < -0.39 is 0 Å². The number of methoxy groups -OCH3 is 1. The van der Waals surface area contributed by atoms with Crippen molar-refractivity contribution in [3.8, 4) is 5.75 Å². The number of aliphatic imine (C=N–C) groups is 1. The number of benzene rings is 1. The van der Waals surface area contributed by atoms with Crippen LogP contribution < -0.4 is 15.4 Å². The van der Waals surface area contributed by atoms with Crippen LogP contribution in [0.15, 0.2) is 23.2 Å². The van der Waals surface area contributed by atoms with E-state index in [1.165, 1.54) is 5.56 Å². The standard InChI is InChI=1S/C18H32N4O.HI/c1-14(2)22(5)12-11-21-18(19-4)20-10-9-16-8-7-15(3)17(13-16)23-6;/h7-8,13-14H,9-12H2,1-6H3,(H2,19,20,21);1H. The second kappa shape index (κ2) is 12.4. The maximum atomic E-state index is 5.37. The zero-order chi connectivity index (χ0) is 17.2. The lowest BCUT2D eigenvalue weighted by molar-refractivity contribution is 0.278. The third-order valence-electron chi connectivity index (χ3n) is 4.04. The highest BCUT2D eigenvalue weighted by Crippen LogP contribution is 2.18. The molecular formula is C18H33IN4O. The van der Waals surface area contributed by atoms with E-state index in [2.05, 4.69) is 66.5 Å². The molecule has 6 heteroatoms. The summed E-state index contributed by atoms with van der Waals surface area (Å²) in [6.07, 6.45) is 0.934. The smallest absolute Gasteiger partial charge is 0.191 e. The first-order chi connectivity index (χ1) is 11.0. The lowest BCUT2D eigenvalue weighted by atomic mass is 10.1. The van der Waals surface area contributed by atoms with Gasteiger partial charge in [0.1, 0.15) is 5.75 Å². The zero-order valence-corrected chi connectivity index (χ0v) is 18.2. The SMILES string of the molecule is CN=C(NCCc1ccc(C)c(OC)c1)NCCN(C)C(C)C.I. The molecule has 0 aromatic heterocycles. The maximum absolute atomic E-state index is 5.37. The molecular weight excluding hydrogens is 415 g/mol. The van der Waals surface area contributed by atoms with Crippen LogP contribution in [0.1, 0.15) is 25.0 Å². The molecule has 0 aliphatic heterocycles. The molecule has 138 valence electrons. The first-order valence-electron chi connectivity index (χ1n) is 8.26. The van der Waals surface area contributed by atoms with Gasteiger partial charge in [0.25, 0.3) is 0 Å². The van der Waals surface area contributed by atoms with Crippen molar-refractivity contribution in [1.82, 2.24) is 15.5 Å². The van der Waals surface area contributed by atoms with Crippen LogP contribution in [-0.4, -0.2) is 57.7 Å². The van der Waals surface area contributed by atoms with Gasteiger partial charge in [0.05, 0.1) is 7.11 Å². The fourth-order valence-electron chi connectivity index (χ4n) is 2.17. The summed E-state index contributed by atoms with van der Waals surface area (Å²) in [5, 5.41) is 6.70. The molecule has 0 fully saturated rings. The summed E-state index contributed by atoms with van der Waals surface area (Å²) >= 11 is 0. The molecule has 0 unspecified atom stereocenters. The summed E-state index contributed by atoms with van der Waals surface area (Å²) in [7, 11) is 5.65. The number of likely N-dealkylation sites (N-methyl/N-ethyl adjacent to an activating group) is 1. The van der Waals surface area contributed by atoms with E-state index in [1.54, 1.807) is 14.2 Å². The van der Waals surface area contributed by atoms with Crippen molar-refractivity contribution in [3.05, 3.63) is 29.3 Å². The zero-order valence-electron chi connectivity index (χ0n) is 15.8. The highest BCUT2D eigenvalue weighted by Gasteiger charge is 2.04. The Hall–Kier alpha value is -1.02. The van der Waals surface area contributed by atoms with Gasteiger partial charge in [-0.25, -0.2) is 0 Å². The molecule has 1 aromatic carbocycles. The van der Waals surface area contributed by atoms with Gasteiger partial charge in [-0.05, 0) is 51.4 Å². The van der Waals surface area contributed by atoms with Gasteiger partial charge in [-0.15, -0.1) is 24.0 Å². The first kappa shape index (κ1) is 23.0. The number of aryl methyl sites for hydroxylation is 1. The molecule has 1 rings (SSSR count). The summed E-state index contributed by atoms with van der Waals surface area (Å²) in [6.45, 7) is 9.17. The number of nitrogens with zero attached hydrogens (tertiary/aromatic N) is 2. The summed E-state index contributed by atoms with van der Waals surface area (Å²) < 4.78 is 5.37. The van der Waals surface area contributed by atoms with Crippen LogP contribution >= 0.6 is 24.0 Å². The van der Waals surface area contributed by atoms with E-state index in [0.717, 1.165) is 43.3 Å². The van der Waals surface area contributed by atoms with Crippen molar-refractivity contribution < 1.29 is 4.74 Å². The Morgan fingerprint density at radius 2 is 1.92 bits per heavy atom. The van der Waals surface area contributed by atoms with E-state index in [1.807, 2.05) is 0 Å². The monoisotopic (exact) mass is 448 g/mol. The molecule has 0 saturated carbocycles. The molecule has 0 spiro atoms. The number of ether oxygens (including phenoxy) is 1. The molecule has 0 bridgehead atoms. The predicted octanol–water partition coefficient (Wildman–Crippen LogP) is 2.67. The van der Waals surface area contributed by atoms with Crippen molar-refractivity contribution in [2.24, 2.45) is 4.99 Å². The van der Waals surface area contributed by atoms with Crippen LogP contribution in [0, 0.1) is 6.92 Å². The van der Waals surface area contributed by atoms with Crippen LogP contribution in [0.4, 0.5) is 0 Å². The van der Waals surface area contributed by atoms with Crippen molar-refractivity contribution in [2.45, 2.75) is 33.2 Å². The number of hydrogen-bond donors (Lipinski definition) is 2. The Labute approximate surface area is 164 Å². The highest BCUT2D eigenvalue weighted by molar-refractivity contribution is 14.0. The summed E-state index contributed by atoms with van der Waals surface area (Å²) in [4.78, 5) is 6.56. The van der Waals surface area contributed by atoms with Gasteiger partial charge >= 0.3 is 0 Å². The minimum absolute atomic E-state index is 0. The summed E-state index contributed by atoms with van der Waals surface area (Å²) in [5.74, 6) is 1.79. The molecule has 5 nitrogen and oxygen atoms in total. The van der Waals surface area contributed by atoms with Crippen LogP contribution in [0.5, 0.6) is 5.75 Å². The lowest BCUT2D eigenvalue weighted by Crippen LogP contribution is -2.42. The number of guanidine groups is 1. The average molecular weight is 448 g/mol. The normalized spacial score (nSPS) is 11.4. The van der Waals surface area contributed by atoms with Gasteiger partial charge in [-0.2, -0.15) is 0 Å². The van der Waals surface area contributed by atoms with Crippen LogP contribution in [0.25, 0.3) is 0 Å². The Balaban J connectivity index is 0.00000529. The van der Waals surface area contributed by atoms with Crippen molar-refractivity contribution in [2.75, 3.05) is 40.8 Å². The lowest BCUT2D eigenvalue weighted by Gasteiger charge is -2.21. The second-order valence-corrected chi connectivity index (χ2v) is 6.05. The van der Waals surface area contributed by atoms with E-state index in [4.69, 9.17) is 4.74 Å². The predicted molar refractivity (Wildman–Crippen MR) is 114 cm³/mol. The minimum atomic E-state index is 0. The van der Waals surface area contributed by atoms with Crippen LogP contribution in [0.3, 0.4) is 0 Å². The van der Waals surface area contributed by atoms with Gasteiger partial charge in [-0.1, -0.05) is 12.1 Å². The Kier molecular flexibility index (Phi) is 11.8. The first-order valence-corrected chi connectivity index (χ1v) is 8.26. The van der Waals surface area contributed by atoms with E-state index in [-0.39, 0.29) is 24.0 Å². The van der Waals surface area contributed by atoms with Gasteiger partial charge in [0.2, 0.25) is 0 Å². The fraction of sp³-hybridized carbons (Fsp3) is 0.611. The van der Waals surface area contributed by atoms with Gasteiger partial charge < -0.3 is 20.3 Å². The molecule has 24 heavy (non-hydrogen) atoms. The third kappa shape index (κ3) is 8.19. The van der Waals surface area contributed by atoms with Gasteiger partial charge in [0.15, 0.2) is 5.96 Å². The average Bonchev–Trinajstić information content (AvgIpc) is 2.54. The number of rotatable bonds is 8. The quantitative estimate of drug-likeness (QED) is 0.365. The third-order valence-corrected chi connectivity index (χ3v) is 4.04. The molecule has 0 atom stereocenters. The molecule has 0 saturated heterocycles. The molecule has 0 radical (unpaired) electrons. The van der Waals surface area contributed by atoms with E-state index in [9.17, 15) is 0 Å². The van der Waals surface area contributed by atoms with Crippen LogP contribution in [0.2, 0.25) is 0 Å². The molecule has 0 heterocycles. The van der Waals surface area contributed by atoms with E-state index in [0.29, 0.717) is 6.04 Å². The van der Waals surface area contributed by atoms with E-state index >= 15 is 0 Å². The fourth-order valence-corrected chi connectivity index (χ4v) is 2.17. The van der Waals surface area contributed by atoms with Crippen molar-refractivity contribution in [1.29, 1.82) is 0 Å². The summed E-state index contributed by atoms with van der Waals surface area (Å²) in [5.41, 5.74) is 2.42. The topological polar surface area (TPSA) is 48.9 Å². The Bertz CT molecular complexity index is 506. The second-order valence-electron chi connectivity index (χ2n) is 6.05. The van der Waals surface area contributed by atoms with Crippen molar-refractivity contribution >= 4 is 29.9 Å². The maximum Gasteiger partial charge on any atom is 0.191 e. The Morgan fingerprint density at radius 3 is 2.50 bits per heavy atom. The number of hydrogen-bond acceptors (Lipinski definition) is 3. The van der Waals surface area contributed by atoms with Crippen molar-refractivity contribution in [3.63, 3.8) is 0 Å². The molecule has 0 aliphatic carbocycles. The van der Waals surface area contributed by atoms with Gasteiger partial charge in [0, 0.05) is 32.7 Å². The number of halogens is 1. The molecule has 0 amide bonds. The van der Waals surface area contributed by atoms with Gasteiger partial charge in [-0.3, -0.25) is 4.99 Å². The molecule has 2 N–H and O–H groups in total. The van der Waals surface area contributed by atoms with Crippen LogP contribution in [-0.2, 0) is 6.42 Å². The highest BCUT2D eigenvalue weighted by atomic mass is 127. The number of nitrogens with one attached hydrogen (secondary N) is 2. The molecule has 0 aliphatic rings. The largest absolute Gasteiger partial charge is 0.496 e. The molecule has 1 aromatic rings. The minimum Gasteiger partial charge on any atom is -0.496 e. The Morgan fingerprint density at radius 1 is 1.25 bits per heavy atom. The summed E-state index contributed by atoms with van der Waals surface area (Å²) in [6, 6.07) is 6.91.